The van der Waals surface area contributed by atoms with Gasteiger partial charge in [0.2, 0.25) is 0 Å². The van der Waals surface area contributed by atoms with Crippen molar-refractivity contribution in [3.63, 3.8) is 0 Å². The fourth-order valence-electron chi connectivity index (χ4n) is 3.54. The molecular formula is C23H34N6O3. The van der Waals surface area contributed by atoms with Crippen molar-refractivity contribution in [3.8, 4) is 5.69 Å². The number of rotatable bonds is 6. The molecule has 9 heteroatoms. The highest BCUT2D eigenvalue weighted by atomic mass is 16.6. The Morgan fingerprint density at radius 1 is 1.06 bits per heavy atom. The van der Waals surface area contributed by atoms with Crippen LogP contribution < -0.4 is 5.32 Å². The molecule has 2 heterocycles. The van der Waals surface area contributed by atoms with Gasteiger partial charge in [0.05, 0.1) is 11.4 Å². The summed E-state index contributed by atoms with van der Waals surface area (Å²) in [4.78, 5) is 28.8. The van der Waals surface area contributed by atoms with E-state index < -0.39 is 5.60 Å². The molecule has 0 spiro atoms. The molecular weight excluding hydrogens is 408 g/mol. The van der Waals surface area contributed by atoms with Gasteiger partial charge in [0.1, 0.15) is 5.60 Å². The predicted molar refractivity (Wildman–Crippen MR) is 122 cm³/mol. The third kappa shape index (κ3) is 6.29. The third-order valence-corrected chi connectivity index (χ3v) is 5.35. The molecule has 1 aliphatic rings. The normalized spacial score (nSPS) is 15.0. The zero-order valence-corrected chi connectivity index (χ0v) is 19.7. The van der Waals surface area contributed by atoms with E-state index in [9.17, 15) is 9.59 Å². The number of ether oxygens (including phenoxy) is 1. The van der Waals surface area contributed by atoms with Crippen molar-refractivity contribution < 1.29 is 14.3 Å². The lowest BCUT2D eigenvalue weighted by Gasteiger charge is -2.35. The van der Waals surface area contributed by atoms with Crippen molar-refractivity contribution in [1.82, 2.24) is 30.1 Å². The van der Waals surface area contributed by atoms with Crippen LogP contribution in [0.5, 0.6) is 0 Å². The molecule has 3 rings (SSSR count). The van der Waals surface area contributed by atoms with E-state index in [1.165, 1.54) is 0 Å². The van der Waals surface area contributed by atoms with Crippen molar-refractivity contribution in [2.75, 3.05) is 39.3 Å². The maximum Gasteiger partial charge on any atom is 0.410 e. The summed E-state index contributed by atoms with van der Waals surface area (Å²) in [6, 6.07) is 7.93. The van der Waals surface area contributed by atoms with Crippen LogP contribution in [0.1, 0.15) is 48.9 Å². The van der Waals surface area contributed by atoms with Gasteiger partial charge in [0.25, 0.3) is 5.91 Å². The number of hydrogen-bond donors (Lipinski definition) is 1. The summed E-state index contributed by atoms with van der Waals surface area (Å²) in [7, 11) is 0. The molecule has 0 bridgehead atoms. The van der Waals surface area contributed by atoms with Crippen LogP contribution in [0.2, 0.25) is 0 Å². The van der Waals surface area contributed by atoms with E-state index in [0.717, 1.165) is 37.3 Å². The lowest BCUT2D eigenvalue weighted by molar-refractivity contribution is 0.0144. The zero-order chi connectivity index (χ0) is 23.3. The highest BCUT2D eigenvalue weighted by molar-refractivity contribution is 5.93. The second kappa shape index (κ2) is 10.1. The van der Waals surface area contributed by atoms with Gasteiger partial charge in [-0.2, -0.15) is 0 Å². The van der Waals surface area contributed by atoms with Crippen LogP contribution >= 0.6 is 0 Å². The highest BCUT2D eigenvalue weighted by Gasteiger charge is 2.25. The Bertz CT molecular complexity index is 924. The Hall–Kier alpha value is -2.94. The van der Waals surface area contributed by atoms with Gasteiger partial charge in [0.15, 0.2) is 5.69 Å². The number of carbonyl (C=O) groups is 2. The van der Waals surface area contributed by atoms with Crippen molar-refractivity contribution in [1.29, 1.82) is 0 Å². The maximum atomic E-state index is 12.5. The Morgan fingerprint density at radius 3 is 2.34 bits per heavy atom. The van der Waals surface area contributed by atoms with Crippen molar-refractivity contribution in [3.05, 3.63) is 41.2 Å². The Balaban J connectivity index is 1.40. The van der Waals surface area contributed by atoms with Gasteiger partial charge in [-0.25, -0.2) is 9.48 Å². The van der Waals surface area contributed by atoms with E-state index in [1.54, 1.807) is 9.58 Å². The van der Waals surface area contributed by atoms with E-state index in [0.29, 0.717) is 31.0 Å². The summed E-state index contributed by atoms with van der Waals surface area (Å²) >= 11 is 0. The van der Waals surface area contributed by atoms with Crippen LogP contribution in [0, 0.1) is 13.8 Å². The molecule has 1 aliphatic heterocycles. The number of benzene rings is 1. The van der Waals surface area contributed by atoms with Gasteiger partial charge in [-0.15, -0.1) is 5.10 Å². The lowest BCUT2D eigenvalue weighted by atomic mass is 10.2. The minimum absolute atomic E-state index is 0.212. The summed E-state index contributed by atoms with van der Waals surface area (Å²) in [5, 5.41) is 11.2. The molecule has 1 aromatic carbocycles. The van der Waals surface area contributed by atoms with E-state index in [2.05, 4.69) is 20.5 Å². The minimum Gasteiger partial charge on any atom is -0.444 e. The van der Waals surface area contributed by atoms with Crippen LogP contribution in [-0.2, 0) is 4.74 Å². The highest BCUT2D eigenvalue weighted by Crippen LogP contribution is 2.14. The zero-order valence-electron chi connectivity index (χ0n) is 19.7. The molecule has 0 atom stereocenters. The fraction of sp³-hybridized carbons (Fsp3) is 0.565. The molecule has 0 unspecified atom stereocenters. The van der Waals surface area contributed by atoms with Gasteiger partial charge < -0.3 is 15.0 Å². The average Bonchev–Trinajstić information content (AvgIpc) is 3.12. The molecule has 1 aromatic heterocycles. The first-order valence-corrected chi connectivity index (χ1v) is 11.1. The Labute approximate surface area is 189 Å². The third-order valence-electron chi connectivity index (χ3n) is 5.35. The van der Waals surface area contributed by atoms with Crippen LogP contribution in [0.25, 0.3) is 5.69 Å². The largest absolute Gasteiger partial charge is 0.444 e. The van der Waals surface area contributed by atoms with Crippen LogP contribution in [0.3, 0.4) is 0 Å². The van der Waals surface area contributed by atoms with Gasteiger partial charge in [-0.1, -0.05) is 22.9 Å². The smallest absolute Gasteiger partial charge is 0.410 e. The number of amides is 2. The van der Waals surface area contributed by atoms with E-state index >= 15 is 0 Å². The standard InChI is InChI=1S/C23H34N6O3/c1-17-7-9-19(10-8-17)29-18(2)20(25-26-29)21(30)24-11-6-12-27-13-15-28(16-14-27)22(31)32-23(3,4)5/h7-10H,6,11-16H2,1-5H3,(H,24,30). The molecule has 1 N–H and O–H groups in total. The van der Waals surface area contributed by atoms with Gasteiger partial charge in [-0.3, -0.25) is 9.69 Å². The van der Waals surface area contributed by atoms with E-state index in [-0.39, 0.29) is 12.0 Å². The van der Waals surface area contributed by atoms with Crippen LogP contribution in [-0.4, -0.2) is 81.7 Å². The monoisotopic (exact) mass is 442 g/mol. The molecule has 0 radical (unpaired) electrons. The van der Waals surface area contributed by atoms with Crippen LogP contribution in [0.4, 0.5) is 4.79 Å². The molecule has 2 amide bonds. The molecule has 9 nitrogen and oxygen atoms in total. The molecule has 1 saturated heterocycles. The first kappa shape index (κ1) is 23.7. The topological polar surface area (TPSA) is 92.6 Å². The van der Waals surface area contributed by atoms with Gasteiger partial charge in [0, 0.05) is 32.7 Å². The lowest BCUT2D eigenvalue weighted by Crippen LogP contribution is -2.50. The van der Waals surface area contributed by atoms with Gasteiger partial charge in [-0.05, 0) is 59.7 Å². The summed E-state index contributed by atoms with van der Waals surface area (Å²) in [5.41, 5.74) is 2.62. The molecule has 32 heavy (non-hydrogen) atoms. The first-order valence-electron chi connectivity index (χ1n) is 11.1. The molecule has 2 aromatic rings. The molecule has 0 saturated carbocycles. The van der Waals surface area contributed by atoms with E-state index in [4.69, 9.17) is 4.74 Å². The Kier molecular flexibility index (Phi) is 7.50. The van der Waals surface area contributed by atoms with Gasteiger partial charge >= 0.3 is 6.09 Å². The summed E-state index contributed by atoms with van der Waals surface area (Å²) < 4.78 is 7.11. The summed E-state index contributed by atoms with van der Waals surface area (Å²) in [6.07, 6.45) is 0.571. The van der Waals surface area contributed by atoms with Crippen molar-refractivity contribution in [2.24, 2.45) is 0 Å². The quantitative estimate of drug-likeness (QED) is 0.691. The summed E-state index contributed by atoms with van der Waals surface area (Å²) in [6.45, 7) is 13.8. The number of nitrogens with one attached hydrogen (secondary N) is 1. The van der Waals surface area contributed by atoms with Crippen molar-refractivity contribution in [2.45, 2.75) is 46.6 Å². The molecule has 174 valence electrons. The SMILES string of the molecule is Cc1ccc(-n2nnc(C(=O)NCCCN3CCN(C(=O)OC(C)(C)C)CC3)c2C)cc1. The molecule has 0 aliphatic carbocycles. The number of aryl methyl sites for hydroxylation is 1. The second-order valence-electron chi connectivity index (χ2n) is 9.19. The number of nitrogens with zero attached hydrogens (tertiary/aromatic N) is 5. The van der Waals surface area contributed by atoms with E-state index in [1.807, 2.05) is 58.9 Å². The number of aromatic nitrogens is 3. The maximum absolute atomic E-state index is 12.5. The average molecular weight is 443 g/mol. The number of piperazine rings is 1. The summed E-state index contributed by atoms with van der Waals surface area (Å²) in [5.74, 6) is -0.212. The Morgan fingerprint density at radius 2 is 1.72 bits per heavy atom. The minimum atomic E-state index is -0.476. The second-order valence-corrected chi connectivity index (χ2v) is 9.19. The fourth-order valence-corrected chi connectivity index (χ4v) is 3.54. The van der Waals surface area contributed by atoms with Crippen molar-refractivity contribution >= 4 is 12.0 Å². The van der Waals surface area contributed by atoms with Crippen LogP contribution in [0.15, 0.2) is 24.3 Å². The predicted octanol–water partition coefficient (Wildman–Crippen LogP) is 2.56. The first-order chi connectivity index (χ1) is 15.1. The number of carbonyl (C=O) groups excluding carboxylic acids is 2. The number of hydrogen-bond acceptors (Lipinski definition) is 6. The molecule has 1 fully saturated rings.